The molecule has 1 rings (SSSR count). The summed E-state index contributed by atoms with van der Waals surface area (Å²) < 4.78 is 21.7. The Hall–Kier alpha value is -0.350. The average molecular weight is 161 g/mol. The molecule has 0 saturated carbocycles. The molecular weight excluding hydrogens is 150 g/mol. The highest BCUT2D eigenvalue weighted by Gasteiger charge is 2.18. The van der Waals surface area contributed by atoms with E-state index < -0.39 is 9.84 Å². The van der Waals surface area contributed by atoms with Crippen molar-refractivity contribution >= 4 is 9.84 Å². The molecule has 0 radical (unpaired) electrons. The van der Waals surface area contributed by atoms with E-state index in [1.807, 2.05) is 0 Å². The Bertz CT molecular complexity index is 253. The molecule has 0 aromatic heterocycles. The fourth-order valence-corrected chi connectivity index (χ4v) is 2.39. The van der Waals surface area contributed by atoms with E-state index in [4.69, 9.17) is 5.73 Å². The number of hydrogen-bond donors (Lipinski definition) is 1. The lowest BCUT2D eigenvalue weighted by molar-refractivity contribution is 0.592. The van der Waals surface area contributed by atoms with Gasteiger partial charge >= 0.3 is 0 Å². The van der Waals surface area contributed by atoms with E-state index in [9.17, 15) is 8.42 Å². The van der Waals surface area contributed by atoms with Gasteiger partial charge in [-0.05, 0) is 18.9 Å². The van der Waals surface area contributed by atoms with Gasteiger partial charge < -0.3 is 5.73 Å². The van der Waals surface area contributed by atoms with E-state index >= 15 is 0 Å². The van der Waals surface area contributed by atoms with Crippen LogP contribution in [0.15, 0.2) is 11.0 Å². The number of rotatable bonds is 0. The van der Waals surface area contributed by atoms with E-state index in [-0.39, 0.29) is 11.8 Å². The lowest BCUT2D eigenvalue weighted by Crippen LogP contribution is -2.28. The maximum atomic E-state index is 10.9. The van der Waals surface area contributed by atoms with Gasteiger partial charge in [-0.1, -0.05) is 0 Å². The van der Waals surface area contributed by atoms with Crippen molar-refractivity contribution in [3.05, 3.63) is 11.0 Å². The topological polar surface area (TPSA) is 60.2 Å². The predicted molar refractivity (Wildman–Crippen MR) is 40.1 cm³/mol. The van der Waals surface area contributed by atoms with Gasteiger partial charge in [-0.15, -0.1) is 0 Å². The molecule has 0 aromatic rings. The summed E-state index contributed by atoms with van der Waals surface area (Å²) in [5, 5.41) is 1.28. The molecule has 1 unspecified atom stereocenters. The second-order valence-electron chi connectivity index (χ2n) is 2.62. The highest BCUT2D eigenvalue weighted by atomic mass is 32.2. The second-order valence-corrected chi connectivity index (χ2v) is 4.59. The molecule has 0 saturated heterocycles. The van der Waals surface area contributed by atoms with Crippen LogP contribution in [-0.2, 0) is 9.84 Å². The van der Waals surface area contributed by atoms with Crippen LogP contribution in [0.3, 0.4) is 0 Å². The molecule has 0 amide bonds. The minimum absolute atomic E-state index is 0.0523. The SMILES string of the molecule is CC1=CS(=O)(=O)CCC1N. The van der Waals surface area contributed by atoms with Gasteiger partial charge in [-0.3, -0.25) is 0 Å². The van der Waals surface area contributed by atoms with Gasteiger partial charge in [0.2, 0.25) is 0 Å². The standard InChI is InChI=1S/C6H11NO2S/c1-5-4-10(8,9)3-2-6(5)7/h4,6H,2-3,7H2,1H3. The Morgan fingerprint density at radius 2 is 2.30 bits per heavy atom. The summed E-state index contributed by atoms with van der Waals surface area (Å²) in [7, 11) is -2.91. The number of nitrogens with two attached hydrogens (primary N) is 1. The summed E-state index contributed by atoms with van der Waals surface area (Å²) in [4.78, 5) is 0. The van der Waals surface area contributed by atoms with Crippen molar-refractivity contribution in [3.63, 3.8) is 0 Å². The molecule has 0 fully saturated rings. The maximum Gasteiger partial charge on any atom is 0.171 e. The van der Waals surface area contributed by atoms with Crippen LogP contribution in [0.25, 0.3) is 0 Å². The number of hydrogen-bond acceptors (Lipinski definition) is 3. The molecule has 0 aromatic carbocycles. The fraction of sp³-hybridized carbons (Fsp3) is 0.667. The monoisotopic (exact) mass is 161 g/mol. The molecule has 1 heterocycles. The molecule has 0 bridgehead atoms. The summed E-state index contributed by atoms with van der Waals surface area (Å²) in [6.07, 6.45) is 0.560. The first kappa shape index (κ1) is 7.75. The molecule has 4 heteroatoms. The Morgan fingerprint density at radius 1 is 1.70 bits per heavy atom. The Morgan fingerprint density at radius 3 is 2.70 bits per heavy atom. The van der Waals surface area contributed by atoms with Crippen molar-refractivity contribution < 1.29 is 8.42 Å². The van der Waals surface area contributed by atoms with Gasteiger partial charge in [0.05, 0.1) is 5.75 Å². The van der Waals surface area contributed by atoms with E-state index in [1.54, 1.807) is 6.92 Å². The minimum atomic E-state index is -2.91. The fourth-order valence-electron chi connectivity index (χ4n) is 0.948. The molecule has 0 aliphatic carbocycles. The Balaban J connectivity index is 2.97. The molecule has 2 N–H and O–H groups in total. The zero-order valence-corrected chi connectivity index (χ0v) is 6.69. The summed E-state index contributed by atoms with van der Waals surface area (Å²) >= 11 is 0. The molecule has 1 aliphatic heterocycles. The van der Waals surface area contributed by atoms with Crippen LogP contribution in [-0.4, -0.2) is 20.2 Å². The largest absolute Gasteiger partial charge is 0.324 e. The van der Waals surface area contributed by atoms with Gasteiger partial charge in [0.1, 0.15) is 0 Å². The van der Waals surface area contributed by atoms with Gasteiger partial charge in [0.15, 0.2) is 9.84 Å². The highest BCUT2D eigenvalue weighted by molar-refractivity contribution is 7.94. The van der Waals surface area contributed by atoms with Crippen molar-refractivity contribution in [2.45, 2.75) is 19.4 Å². The van der Waals surface area contributed by atoms with Gasteiger partial charge in [-0.2, -0.15) is 0 Å². The summed E-state index contributed by atoms with van der Waals surface area (Å²) in [5.74, 6) is 0.200. The van der Waals surface area contributed by atoms with Crippen LogP contribution in [0.4, 0.5) is 0 Å². The summed E-state index contributed by atoms with van der Waals surface area (Å²) in [6, 6.07) is -0.0523. The molecule has 3 nitrogen and oxygen atoms in total. The van der Waals surface area contributed by atoms with Crippen LogP contribution >= 0.6 is 0 Å². The third-order valence-electron chi connectivity index (χ3n) is 1.66. The summed E-state index contributed by atoms with van der Waals surface area (Å²) in [5.41, 5.74) is 6.34. The van der Waals surface area contributed by atoms with Crippen LogP contribution in [0.2, 0.25) is 0 Å². The van der Waals surface area contributed by atoms with E-state index in [1.165, 1.54) is 5.41 Å². The smallest absolute Gasteiger partial charge is 0.171 e. The van der Waals surface area contributed by atoms with Crippen LogP contribution in [0.5, 0.6) is 0 Å². The van der Waals surface area contributed by atoms with Crippen molar-refractivity contribution in [1.82, 2.24) is 0 Å². The zero-order valence-electron chi connectivity index (χ0n) is 5.87. The van der Waals surface area contributed by atoms with Crippen LogP contribution < -0.4 is 5.73 Å². The molecule has 1 atom stereocenters. The maximum absolute atomic E-state index is 10.9. The third kappa shape index (κ3) is 1.58. The molecule has 0 spiro atoms. The van der Waals surface area contributed by atoms with Crippen molar-refractivity contribution in [2.24, 2.45) is 5.73 Å². The van der Waals surface area contributed by atoms with E-state index in [0.29, 0.717) is 6.42 Å². The molecule has 10 heavy (non-hydrogen) atoms. The van der Waals surface area contributed by atoms with E-state index in [2.05, 4.69) is 0 Å². The van der Waals surface area contributed by atoms with Gasteiger partial charge in [-0.25, -0.2) is 8.42 Å². The second kappa shape index (κ2) is 2.36. The molecular formula is C6H11NO2S. The lowest BCUT2D eigenvalue weighted by atomic mass is 10.1. The first-order valence-electron chi connectivity index (χ1n) is 3.18. The Labute approximate surface area is 60.8 Å². The van der Waals surface area contributed by atoms with Crippen LogP contribution in [0, 0.1) is 0 Å². The van der Waals surface area contributed by atoms with Crippen molar-refractivity contribution in [2.75, 3.05) is 5.75 Å². The van der Waals surface area contributed by atoms with Gasteiger partial charge in [0, 0.05) is 11.4 Å². The van der Waals surface area contributed by atoms with Gasteiger partial charge in [0.25, 0.3) is 0 Å². The Kier molecular flexibility index (Phi) is 1.83. The molecule has 58 valence electrons. The average Bonchev–Trinajstić information content (AvgIpc) is 1.79. The van der Waals surface area contributed by atoms with Crippen LogP contribution in [0.1, 0.15) is 13.3 Å². The predicted octanol–water partition coefficient (Wildman–Crippen LogP) is 0.0360. The lowest BCUT2D eigenvalue weighted by Gasteiger charge is -2.16. The first-order valence-corrected chi connectivity index (χ1v) is 4.89. The number of sulfone groups is 1. The quantitative estimate of drug-likeness (QED) is 0.545. The van der Waals surface area contributed by atoms with Crippen molar-refractivity contribution in [1.29, 1.82) is 0 Å². The minimum Gasteiger partial charge on any atom is -0.324 e. The normalized spacial score (nSPS) is 31.4. The van der Waals surface area contributed by atoms with E-state index in [0.717, 1.165) is 5.57 Å². The highest BCUT2D eigenvalue weighted by Crippen LogP contribution is 2.14. The summed E-state index contributed by atoms with van der Waals surface area (Å²) in [6.45, 7) is 1.75. The first-order chi connectivity index (χ1) is 4.51. The van der Waals surface area contributed by atoms with Crippen molar-refractivity contribution in [3.8, 4) is 0 Å². The molecule has 1 aliphatic rings. The zero-order chi connectivity index (χ0) is 7.78. The third-order valence-corrected chi connectivity index (χ3v) is 3.20.